The van der Waals surface area contributed by atoms with E-state index in [2.05, 4.69) is 55.4 Å². The maximum atomic E-state index is 13.1. The van der Waals surface area contributed by atoms with E-state index < -0.39 is 97.5 Å². The molecule has 7 atom stereocenters. The molecule has 4 unspecified atom stereocenters. The summed E-state index contributed by atoms with van der Waals surface area (Å²) in [6, 6.07) is 0. The van der Waals surface area contributed by atoms with Gasteiger partial charge in [-0.05, 0) is 49.4 Å². The lowest BCUT2D eigenvalue weighted by molar-refractivity contribution is -0.161. The van der Waals surface area contributed by atoms with E-state index in [9.17, 15) is 43.2 Å². The van der Waals surface area contributed by atoms with Gasteiger partial charge in [-0.15, -0.1) is 0 Å². The largest absolute Gasteiger partial charge is 0.472 e. The number of phosphoric acid groups is 2. The van der Waals surface area contributed by atoms with Crippen molar-refractivity contribution in [2.45, 2.75) is 446 Å². The van der Waals surface area contributed by atoms with Crippen molar-refractivity contribution >= 4 is 39.5 Å². The van der Waals surface area contributed by atoms with Gasteiger partial charge in [0.15, 0.2) is 12.2 Å². The van der Waals surface area contributed by atoms with E-state index in [0.717, 1.165) is 114 Å². The number of ether oxygens (including phenoxy) is 4. The smallest absolute Gasteiger partial charge is 0.462 e. The summed E-state index contributed by atoms with van der Waals surface area (Å²) < 4.78 is 68.8. The minimum Gasteiger partial charge on any atom is -0.462 e. The van der Waals surface area contributed by atoms with Crippen LogP contribution in [0.1, 0.15) is 428 Å². The van der Waals surface area contributed by atoms with Crippen molar-refractivity contribution in [2.24, 2.45) is 23.7 Å². The molecule has 0 aliphatic heterocycles. The van der Waals surface area contributed by atoms with E-state index in [4.69, 9.17) is 37.0 Å². The zero-order valence-corrected chi connectivity index (χ0v) is 69.0. The summed E-state index contributed by atoms with van der Waals surface area (Å²) in [7, 11) is -9.93. The number of unbranched alkanes of at least 4 members (excludes halogenated alkanes) is 44. The van der Waals surface area contributed by atoms with Crippen LogP contribution in [0.5, 0.6) is 0 Å². The minimum absolute atomic E-state index is 0.106. The molecule has 0 saturated carbocycles. The molecule has 0 bridgehead atoms. The van der Waals surface area contributed by atoms with Crippen molar-refractivity contribution in [1.82, 2.24) is 0 Å². The molecule has 0 aliphatic carbocycles. The molecule has 102 heavy (non-hydrogen) atoms. The zero-order chi connectivity index (χ0) is 75.3. The Hall–Kier alpha value is -1.94. The van der Waals surface area contributed by atoms with Crippen molar-refractivity contribution in [2.75, 3.05) is 39.6 Å². The Labute approximate surface area is 626 Å². The normalized spacial score (nSPS) is 14.5. The Morgan fingerprint density at radius 3 is 0.696 bits per heavy atom. The van der Waals surface area contributed by atoms with Crippen LogP contribution in [0.3, 0.4) is 0 Å². The van der Waals surface area contributed by atoms with Gasteiger partial charge in [0.25, 0.3) is 0 Å². The van der Waals surface area contributed by atoms with Crippen molar-refractivity contribution in [3.63, 3.8) is 0 Å². The molecular formula is C83H162O17P2. The third kappa shape index (κ3) is 73.6. The Kier molecular flexibility index (Phi) is 70.6. The Morgan fingerprint density at radius 1 is 0.275 bits per heavy atom. The first kappa shape index (κ1) is 100. The predicted octanol–water partition coefficient (Wildman–Crippen LogP) is 24.8. The van der Waals surface area contributed by atoms with Crippen molar-refractivity contribution in [3.05, 3.63) is 0 Å². The summed E-state index contributed by atoms with van der Waals surface area (Å²) in [6.07, 6.45) is 59.4. The van der Waals surface area contributed by atoms with Crippen LogP contribution in [0.25, 0.3) is 0 Å². The number of carbonyl (C=O) groups excluding carboxylic acids is 4. The van der Waals surface area contributed by atoms with Gasteiger partial charge in [0.2, 0.25) is 0 Å². The summed E-state index contributed by atoms with van der Waals surface area (Å²) in [4.78, 5) is 73.2. The highest BCUT2D eigenvalue weighted by molar-refractivity contribution is 7.47. The fourth-order valence-corrected chi connectivity index (χ4v) is 14.3. The Bertz CT molecular complexity index is 1990. The topological polar surface area (TPSA) is 237 Å². The summed E-state index contributed by atoms with van der Waals surface area (Å²) in [5.74, 6) is 1.09. The van der Waals surface area contributed by atoms with Crippen molar-refractivity contribution in [3.8, 4) is 0 Å². The van der Waals surface area contributed by atoms with E-state index in [-0.39, 0.29) is 25.7 Å². The molecule has 0 aliphatic rings. The van der Waals surface area contributed by atoms with Crippen molar-refractivity contribution < 1.29 is 80.2 Å². The van der Waals surface area contributed by atoms with Gasteiger partial charge in [-0.1, -0.05) is 376 Å². The third-order valence-electron chi connectivity index (χ3n) is 20.0. The van der Waals surface area contributed by atoms with Gasteiger partial charge in [-0.25, -0.2) is 9.13 Å². The maximum Gasteiger partial charge on any atom is 0.472 e. The van der Waals surface area contributed by atoms with Crippen LogP contribution >= 0.6 is 15.6 Å². The maximum absolute atomic E-state index is 13.1. The summed E-state index contributed by atoms with van der Waals surface area (Å²) in [5, 5.41) is 10.7. The van der Waals surface area contributed by atoms with Gasteiger partial charge in [0, 0.05) is 25.7 Å². The number of esters is 4. The molecule has 0 spiro atoms. The van der Waals surface area contributed by atoms with E-state index in [0.29, 0.717) is 25.7 Å². The second kappa shape index (κ2) is 72.0. The van der Waals surface area contributed by atoms with Gasteiger partial charge in [-0.3, -0.25) is 37.3 Å². The predicted molar refractivity (Wildman–Crippen MR) is 418 cm³/mol. The number of aliphatic hydroxyl groups is 1. The van der Waals surface area contributed by atoms with Crippen LogP contribution in [0.4, 0.5) is 0 Å². The van der Waals surface area contributed by atoms with E-state index >= 15 is 0 Å². The average molecular weight is 1490 g/mol. The first-order valence-electron chi connectivity index (χ1n) is 42.8. The molecule has 17 nitrogen and oxygen atoms in total. The number of hydrogen-bond donors (Lipinski definition) is 3. The third-order valence-corrected chi connectivity index (χ3v) is 21.9. The monoisotopic (exact) mass is 1490 g/mol. The zero-order valence-electron chi connectivity index (χ0n) is 67.2. The highest BCUT2D eigenvalue weighted by Crippen LogP contribution is 2.45. The van der Waals surface area contributed by atoms with Crippen LogP contribution in [0.2, 0.25) is 0 Å². The molecule has 0 rings (SSSR count). The highest BCUT2D eigenvalue weighted by Gasteiger charge is 2.30. The molecule has 0 aromatic carbocycles. The van der Waals surface area contributed by atoms with Gasteiger partial charge >= 0.3 is 39.5 Å². The lowest BCUT2D eigenvalue weighted by Gasteiger charge is -2.21. The van der Waals surface area contributed by atoms with Crippen LogP contribution < -0.4 is 0 Å². The first-order valence-corrected chi connectivity index (χ1v) is 45.8. The molecular weight excluding hydrogens is 1330 g/mol. The number of hydrogen-bond acceptors (Lipinski definition) is 15. The molecule has 0 radical (unpaired) electrons. The average Bonchev–Trinajstić information content (AvgIpc) is 0.913. The summed E-state index contributed by atoms with van der Waals surface area (Å²) >= 11 is 0. The van der Waals surface area contributed by atoms with Crippen LogP contribution in [-0.4, -0.2) is 96.7 Å². The van der Waals surface area contributed by atoms with E-state index in [1.165, 1.54) is 231 Å². The van der Waals surface area contributed by atoms with Gasteiger partial charge in [-0.2, -0.15) is 0 Å². The molecule has 606 valence electrons. The molecule has 0 fully saturated rings. The fourth-order valence-electron chi connectivity index (χ4n) is 12.7. The first-order chi connectivity index (χ1) is 49.2. The van der Waals surface area contributed by atoms with Crippen LogP contribution in [0, 0.1) is 23.7 Å². The number of carbonyl (C=O) groups is 4. The quantitative estimate of drug-likeness (QED) is 0.0222. The fraction of sp³-hybridized carbons (Fsp3) is 0.952. The second-order valence-corrected chi connectivity index (χ2v) is 34.2. The summed E-state index contributed by atoms with van der Waals surface area (Å²) in [5.41, 5.74) is 0. The number of rotatable bonds is 80. The van der Waals surface area contributed by atoms with Gasteiger partial charge in [0.1, 0.15) is 19.3 Å². The number of phosphoric ester groups is 2. The molecule has 0 aromatic heterocycles. The highest BCUT2D eigenvalue weighted by atomic mass is 31.2. The lowest BCUT2D eigenvalue weighted by Crippen LogP contribution is -2.30. The van der Waals surface area contributed by atoms with Gasteiger partial charge < -0.3 is 33.8 Å². The SMILES string of the molecule is CCC(C)CCCCCCCCCCCCCCCCC(=O)O[C@H](COC(=O)CCCCCCCCCCCCCCCCC(C)C)COP(=O)(O)OC[C@@H](O)COP(=O)(O)OC[C@@H](COC(=O)CCCCCCCCCCC(C)CC)OC(=O)CCCCCCCCCCCCCCC(C)C. The summed E-state index contributed by atoms with van der Waals surface area (Å²) in [6.45, 7) is 14.4. The van der Waals surface area contributed by atoms with Crippen LogP contribution in [0.15, 0.2) is 0 Å². The Morgan fingerprint density at radius 2 is 0.471 bits per heavy atom. The molecule has 0 aromatic rings. The molecule has 0 saturated heterocycles. The molecule has 0 amide bonds. The van der Waals surface area contributed by atoms with E-state index in [1.54, 1.807) is 0 Å². The molecule has 3 N–H and O–H groups in total. The van der Waals surface area contributed by atoms with Crippen molar-refractivity contribution in [1.29, 1.82) is 0 Å². The van der Waals surface area contributed by atoms with Crippen LogP contribution in [-0.2, 0) is 65.4 Å². The molecule has 0 heterocycles. The second-order valence-electron chi connectivity index (χ2n) is 31.3. The lowest BCUT2D eigenvalue weighted by atomic mass is 9.99. The van der Waals surface area contributed by atoms with Gasteiger partial charge in [0.05, 0.1) is 26.4 Å². The number of aliphatic hydroxyl groups excluding tert-OH is 1. The Balaban J connectivity index is 5.28. The molecule has 19 heteroatoms. The minimum atomic E-state index is -4.96. The van der Waals surface area contributed by atoms with E-state index in [1.807, 2.05) is 0 Å². The standard InChI is InChI=1S/C83H162O17P2/c1-9-75(7)61-53-45-37-29-23-16-12-14-18-25-31-41-49-57-65-82(87)99-78(69-93-80(85)63-55-47-39-30-24-17-13-11-15-21-27-35-43-51-59-73(3)4)71-97-101(89,90)95-67-77(84)68-96-102(91,92)98-72-79(70-94-81(86)64-56-48-40-34-33-38-46-54-62-76(8)10-2)100-83(88)66-58-50-42-32-26-20-19-22-28-36-44-52-60-74(5)6/h73-79,84H,9-72H2,1-8H3,(H,89,90)(H,91,92)/t75?,76?,77-,78-,79-/m1/s1.